The molecule has 3 rings (SSSR count). The molecular formula is C16H18F3N3O3. The number of rotatable bonds is 4. The molecule has 0 radical (unpaired) electrons. The van der Waals surface area contributed by atoms with Crippen LogP contribution in [0.15, 0.2) is 18.2 Å². The molecule has 136 valence electrons. The molecule has 1 atom stereocenters. The van der Waals surface area contributed by atoms with Crippen molar-refractivity contribution in [3.8, 4) is 0 Å². The Kier molecular flexibility index (Phi) is 4.96. The predicted octanol–water partition coefficient (Wildman–Crippen LogP) is 2.18. The predicted molar refractivity (Wildman–Crippen MR) is 82.9 cm³/mol. The summed E-state index contributed by atoms with van der Waals surface area (Å²) in [5.41, 5.74) is 2.74. The first-order chi connectivity index (χ1) is 11.8. The number of hydrogen-bond donors (Lipinski definition) is 1. The van der Waals surface area contributed by atoms with Gasteiger partial charge < -0.3 is 19.4 Å². The van der Waals surface area contributed by atoms with Gasteiger partial charge >= 0.3 is 6.18 Å². The second-order valence-electron chi connectivity index (χ2n) is 5.94. The first kappa shape index (κ1) is 17.7. The SMILES string of the molecule is Cc1ccc2nc(COCC(=O)N3CCO[C@H](C(F)(F)F)C3)[nH]c2c1. The van der Waals surface area contributed by atoms with Crippen LogP contribution in [-0.4, -0.2) is 59.4 Å². The summed E-state index contributed by atoms with van der Waals surface area (Å²) in [5, 5.41) is 0. The molecule has 6 nitrogen and oxygen atoms in total. The Hall–Kier alpha value is -2.13. The van der Waals surface area contributed by atoms with Gasteiger partial charge in [-0.25, -0.2) is 4.98 Å². The molecule has 0 bridgehead atoms. The van der Waals surface area contributed by atoms with E-state index in [-0.39, 0.29) is 26.4 Å². The van der Waals surface area contributed by atoms with Crippen LogP contribution in [-0.2, 0) is 20.9 Å². The lowest BCUT2D eigenvalue weighted by molar-refractivity contribution is -0.236. The number of H-pyrrole nitrogens is 1. The summed E-state index contributed by atoms with van der Waals surface area (Å²) in [6.07, 6.45) is -6.42. The number of benzene rings is 1. The quantitative estimate of drug-likeness (QED) is 0.911. The molecule has 0 unspecified atom stereocenters. The van der Waals surface area contributed by atoms with Crippen molar-refractivity contribution in [3.05, 3.63) is 29.6 Å². The largest absolute Gasteiger partial charge is 0.416 e. The van der Waals surface area contributed by atoms with Crippen LogP contribution in [0.5, 0.6) is 0 Å². The Balaban J connectivity index is 1.51. The van der Waals surface area contributed by atoms with Crippen LogP contribution in [0.3, 0.4) is 0 Å². The summed E-state index contributed by atoms with van der Waals surface area (Å²) >= 11 is 0. The molecule has 1 aromatic heterocycles. The van der Waals surface area contributed by atoms with Crippen LogP contribution >= 0.6 is 0 Å². The maximum Gasteiger partial charge on any atom is 0.416 e. The number of aromatic amines is 1. The molecular weight excluding hydrogens is 339 g/mol. The lowest BCUT2D eigenvalue weighted by atomic mass is 10.2. The van der Waals surface area contributed by atoms with Gasteiger partial charge in [-0.15, -0.1) is 0 Å². The van der Waals surface area contributed by atoms with Gasteiger partial charge in [-0.05, 0) is 24.6 Å². The summed E-state index contributed by atoms with van der Waals surface area (Å²) in [4.78, 5) is 20.6. The average molecular weight is 357 g/mol. The van der Waals surface area contributed by atoms with Gasteiger partial charge in [0.2, 0.25) is 5.91 Å². The number of aryl methyl sites for hydroxylation is 1. The molecule has 1 aliphatic heterocycles. The van der Waals surface area contributed by atoms with Crippen molar-refractivity contribution in [1.82, 2.24) is 14.9 Å². The van der Waals surface area contributed by atoms with Gasteiger partial charge in [0, 0.05) is 6.54 Å². The molecule has 0 saturated carbocycles. The second kappa shape index (κ2) is 7.01. The Morgan fingerprint density at radius 3 is 3.04 bits per heavy atom. The third kappa shape index (κ3) is 4.29. The molecule has 9 heteroatoms. The van der Waals surface area contributed by atoms with Gasteiger partial charge in [-0.1, -0.05) is 6.07 Å². The molecule has 1 fully saturated rings. The van der Waals surface area contributed by atoms with Crippen molar-refractivity contribution in [2.24, 2.45) is 0 Å². The minimum Gasteiger partial charge on any atom is -0.365 e. The van der Waals surface area contributed by atoms with Crippen LogP contribution in [0, 0.1) is 6.92 Å². The molecule has 2 aromatic rings. The van der Waals surface area contributed by atoms with Crippen molar-refractivity contribution in [3.63, 3.8) is 0 Å². The van der Waals surface area contributed by atoms with E-state index in [1.807, 2.05) is 25.1 Å². The van der Waals surface area contributed by atoms with Crippen molar-refractivity contribution in [1.29, 1.82) is 0 Å². The van der Waals surface area contributed by atoms with E-state index < -0.39 is 24.7 Å². The number of halogens is 3. The van der Waals surface area contributed by atoms with E-state index in [2.05, 4.69) is 14.7 Å². The highest BCUT2D eigenvalue weighted by Gasteiger charge is 2.44. The molecule has 25 heavy (non-hydrogen) atoms. The lowest BCUT2D eigenvalue weighted by Gasteiger charge is -2.33. The highest BCUT2D eigenvalue weighted by molar-refractivity contribution is 5.77. The Morgan fingerprint density at radius 1 is 1.48 bits per heavy atom. The van der Waals surface area contributed by atoms with E-state index in [4.69, 9.17) is 4.74 Å². The fourth-order valence-corrected chi connectivity index (χ4v) is 2.64. The second-order valence-corrected chi connectivity index (χ2v) is 5.94. The molecule has 2 heterocycles. The van der Waals surface area contributed by atoms with E-state index in [1.165, 1.54) is 0 Å². The lowest BCUT2D eigenvalue weighted by Crippen LogP contribution is -2.51. The Bertz CT molecular complexity index is 760. The Labute approximate surface area is 141 Å². The average Bonchev–Trinajstić information content (AvgIpc) is 2.96. The smallest absolute Gasteiger partial charge is 0.365 e. The number of carbonyl (C=O) groups excluding carboxylic acids is 1. The first-order valence-electron chi connectivity index (χ1n) is 7.82. The number of alkyl halides is 3. The zero-order valence-electron chi connectivity index (χ0n) is 13.6. The highest BCUT2D eigenvalue weighted by atomic mass is 19.4. The highest BCUT2D eigenvalue weighted by Crippen LogP contribution is 2.25. The van der Waals surface area contributed by atoms with Gasteiger partial charge in [0.25, 0.3) is 0 Å². The van der Waals surface area contributed by atoms with Gasteiger partial charge in [-0.3, -0.25) is 4.79 Å². The number of morpholine rings is 1. The van der Waals surface area contributed by atoms with Gasteiger partial charge in [0.05, 0.1) is 24.2 Å². The summed E-state index contributed by atoms with van der Waals surface area (Å²) in [7, 11) is 0. The number of hydrogen-bond acceptors (Lipinski definition) is 4. The van der Waals surface area contributed by atoms with Crippen molar-refractivity contribution >= 4 is 16.9 Å². The molecule has 1 aromatic carbocycles. The van der Waals surface area contributed by atoms with Crippen molar-refractivity contribution in [2.45, 2.75) is 25.8 Å². The number of nitrogens with one attached hydrogen (secondary N) is 1. The molecule has 1 N–H and O–H groups in total. The van der Waals surface area contributed by atoms with Crippen LogP contribution in [0.1, 0.15) is 11.4 Å². The maximum absolute atomic E-state index is 12.7. The van der Waals surface area contributed by atoms with Gasteiger partial charge in [-0.2, -0.15) is 13.2 Å². The normalized spacial score (nSPS) is 18.7. The molecule has 1 saturated heterocycles. The molecule has 1 aliphatic rings. The number of aromatic nitrogens is 2. The molecule has 1 amide bonds. The third-order valence-corrected chi connectivity index (χ3v) is 3.93. The van der Waals surface area contributed by atoms with E-state index >= 15 is 0 Å². The summed E-state index contributed by atoms with van der Waals surface area (Å²) in [6.45, 7) is 1.21. The van der Waals surface area contributed by atoms with Crippen molar-refractivity contribution < 1.29 is 27.4 Å². The monoisotopic (exact) mass is 357 g/mol. The number of nitrogens with zero attached hydrogens (tertiary/aromatic N) is 2. The molecule has 0 spiro atoms. The van der Waals surface area contributed by atoms with E-state index in [9.17, 15) is 18.0 Å². The third-order valence-electron chi connectivity index (χ3n) is 3.93. The first-order valence-corrected chi connectivity index (χ1v) is 7.82. The van der Waals surface area contributed by atoms with Crippen molar-refractivity contribution in [2.75, 3.05) is 26.3 Å². The fourth-order valence-electron chi connectivity index (χ4n) is 2.64. The van der Waals surface area contributed by atoms with Crippen LogP contribution in [0.4, 0.5) is 13.2 Å². The summed E-state index contributed by atoms with van der Waals surface area (Å²) < 4.78 is 48.0. The zero-order valence-corrected chi connectivity index (χ0v) is 13.6. The number of fused-ring (bicyclic) bond motifs is 1. The van der Waals surface area contributed by atoms with Gasteiger partial charge in [0.1, 0.15) is 19.0 Å². The fraction of sp³-hybridized carbons (Fsp3) is 0.500. The van der Waals surface area contributed by atoms with Gasteiger partial charge in [0.15, 0.2) is 6.10 Å². The zero-order chi connectivity index (χ0) is 18.0. The van der Waals surface area contributed by atoms with Crippen LogP contribution in [0.25, 0.3) is 11.0 Å². The topological polar surface area (TPSA) is 67.4 Å². The minimum atomic E-state index is -4.48. The Morgan fingerprint density at radius 2 is 2.28 bits per heavy atom. The van der Waals surface area contributed by atoms with E-state index in [1.54, 1.807) is 0 Å². The number of ether oxygens (including phenoxy) is 2. The van der Waals surface area contributed by atoms with E-state index in [0.717, 1.165) is 21.5 Å². The number of amides is 1. The minimum absolute atomic E-state index is 0.0759. The van der Waals surface area contributed by atoms with Crippen LogP contribution in [0.2, 0.25) is 0 Å². The maximum atomic E-state index is 12.7. The number of imidazole rings is 1. The molecule has 0 aliphatic carbocycles. The summed E-state index contributed by atoms with van der Waals surface area (Å²) in [5.74, 6) is 0.0630. The standard InChI is InChI=1S/C16H18F3N3O3/c1-10-2-3-11-12(6-10)21-14(20-11)8-24-9-15(23)22-4-5-25-13(7-22)16(17,18)19/h2-3,6,13H,4-5,7-9H2,1H3,(H,20,21)/t13-/m0/s1. The van der Waals surface area contributed by atoms with Crippen LogP contribution < -0.4 is 0 Å². The van der Waals surface area contributed by atoms with E-state index in [0.29, 0.717) is 5.82 Å². The number of carbonyl (C=O) groups is 1. The summed E-state index contributed by atoms with van der Waals surface area (Å²) in [6, 6.07) is 5.76.